The summed E-state index contributed by atoms with van der Waals surface area (Å²) in [4.78, 5) is 23.9. The first-order valence-corrected chi connectivity index (χ1v) is 5.92. The molecule has 0 aliphatic heterocycles. The van der Waals surface area contributed by atoms with Gasteiger partial charge in [-0.15, -0.1) is 6.58 Å². The lowest BCUT2D eigenvalue weighted by atomic mass is 9.80. The zero-order valence-corrected chi connectivity index (χ0v) is 11.1. The molecular weight excluding hydrogens is 220 g/mol. The van der Waals surface area contributed by atoms with Crippen molar-refractivity contribution in [3.05, 3.63) is 12.7 Å². The average Bonchev–Trinajstić information content (AvgIpc) is 2.26. The van der Waals surface area contributed by atoms with E-state index in [9.17, 15) is 9.59 Å². The maximum atomic E-state index is 12.0. The van der Waals surface area contributed by atoms with Crippen LogP contribution in [-0.4, -0.2) is 25.2 Å². The molecule has 0 unspecified atom stereocenters. The van der Waals surface area contributed by atoms with Gasteiger partial charge in [0.2, 0.25) is 0 Å². The fraction of sp³-hybridized carbons (Fsp3) is 0.692. The summed E-state index contributed by atoms with van der Waals surface area (Å²) in [5.41, 5.74) is -1.37. The van der Waals surface area contributed by atoms with E-state index in [0.29, 0.717) is 6.42 Å². The highest BCUT2D eigenvalue weighted by Gasteiger charge is 2.46. The van der Waals surface area contributed by atoms with Crippen molar-refractivity contribution in [2.24, 2.45) is 11.3 Å². The number of ether oxygens (including phenoxy) is 2. The molecule has 0 atom stereocenters. The lowest BCUT2D eigenvalue weighted by molar-refractivity contribution is -0.169. The molecule has 0 saturated heterocycles. The summed E-state index contributed by atoms with van der Waals surface area (Å²) in [5.74, 6) is -1.01. The van der Waals surface area contributed by atoms with Gasteiger partial charge in [0.1, 0.15) is 0 Å². The smallest absolute Gasteiger partial charge is 0.327 e. The highest BCUT2D eigenvalue weighted by atomic mass is 16.6. The third-order valence-electron chi connectivity index (χ3n) is 2.36. The molecule has 98 valence electrons. The molecular formula is C13H22O4. The Morgan fingerprint density at radius 1 is 1.18 bits per heavy atom. The molecule has 0 rings (SSSR count). The number of carbonyl (C=O) groups excluding carboxylic acids is 2. The van der Waals surface area contributed by atoms with Crippen LogP contribution in [0.3, 0.4) is 0 Å². The fourth-order valence-corrected chi connectivity index (χ4v) is 1.66. The Morgan fingerprint density at radius 2 is 1.59 bits per heavy atom. The molecule has 0 aliphatic carbocycles. The number of hydrogen-bond donors (Lipinski definition) is 0. The minimum Gasteiger partial charge on any atom is -0.465 e. The highest BCUT2D eigenvalue weighted by Crippen LogP contribution is 2.31. The minimum absolute atomic E-state index is 0.154. The van der Waals surface area contributed by atoms with E-state index in [0.717, 1.165) is 0 Å². The van der Waals surface area contributed by atoms with Crippen LogP contribution >= 0.6 is 0 Å². The lowest BCUT2D eigenvalue weighted by Crippen LogP contribution is -2.41. The third kappa shape index (κ3) is 3.88. The van der Waals surface area contributed by atoms with Gasteiger partial charge in [-0.2, -0.15) is 0 Å². The van der Waals surface area contributed by atoms with Crippen molar-refractivity contribution in [3.63, 3.8) is 0 Å². The zero-order valence-electron chi connectivity index (χ0n) is 11.1. The maximum Gasteiger partial charge on any atom is 0.327 e. The molecule has 0 fully saturated rings. The van der Waals surface area contributed by atoms with Gasteiger partial charge in [-0.25, -0.2) is 0 Å². The number of carbonyl (C=O) groups is 2. The molecule has 0 aromatic rings. The Kier molecular flexibility index (Phi) is 6.54. The monoisotopic (exact) mass is 242 g/mol. The Balaban J connectivity index is 5.20. The molecule has 0 N–H and O–H groups in total. The standard InChI is InChI=1S/C13H22O4/c1-6-13(9-10(4)5,11(14)16-7-2)12(15)17-8-3/h6,10H,1,7-9H2,2-5H3. The molecule has 0 aromatic carbocycles. The normalized spacial score (nSPS) is 11.1. The zero-order chi connectivity index (χ0) is 13.5. The summed E-state index contributed by atoms with van der Waals surface area (Å²) in [7, 11) is 0. The van der Waals surface area contributed by atoms with Crippen LogP contribution < -0.4 is 0 Å². The Labute approximate surface area is 103 Å². The molecule has 0 radical (unpaired) electrons. The van der Waals surface area contributed by atoms with Gasteiger partial charge >= 0.3 is 11.9 Å². The summed E-state index contributed by atoms with van der Waals surface area (Å²) in [6.07, 6.45) is 1.68. The Hall–Kier alpha value is -1.32. The predicted molar refractivity (Wildman–Crippen MR) is 65.4 cm³/mol. The largest absolute Gasteiger partial charge is 0.465 e. The third-order valence-corrected chi connectivity index (χ3v) is 2.36. The predicted octanol–water partition coefficient (Wildman–Crippen LogP) is 2.33. The molecule has 4 heteroatoms. The summed E-state index contributed by atoms with van der Waals surface area (Å²) in [6.45, 7) is 11.3. The van der Waals surface area contributed by atoms with E-state index in [1.165, 1.54) is 6.08 Å². The SMILES string of the molecule is C=CC(CC(C)C)(C(=O)OCC)C(=O)OCC. The summed E-state index contributed by atoms with van der Waals surface area (Å²) in [5, 5.41) is 0. The van der Waals surface area contributed by atoms with Crippen molar-refractivity contribution in [2.45, 2.75) is 34.1 Å². The topological polar surface area (TPSA) is 52.6 Å². The second kappa shape index (κ2) is 7.09. The second-order valence-electron chi connectivity index (χ2n) is 4.21. The molecule has 0 amide bonds. The van der Waals surface area contributed by atoms with Gasteiger partial charge in [0.25, 0.3) is 0 Å². The van der Waals surface area contributed by atoms with Crippen LogP contribution in [0.5, 0.6) is 0 Å². The van der Waals surface area contributed by atoms with Crippen LogP contribution in [0, 0.1) is 11.3 Å². The number of rotatable bonds is 7. The molecule has 0 aliphatic rings. The van der Waals surface area contributed by atoms with Gasteiger partial charge < -0.3 is 9.47 Å². The number of hydrogen-bond acceptors (Lipinski definition) is 4. The van der Waals surface area contributed by atoms with E-state index in [1.807, 2.05) is 13.8 Å². The quantitative estimate of drug-likeness (QED) is 0.390. The molecule has 0 aromatic heterocycles. The van der Waals surface area contributed by atoms with E-state index in [-0.39, 0.29) is 19.1 Å². The van der Waals surface area contributed by atoms with Gasteiger partial charge in [0.05, 0.1) is 13.2 Å². The summed E-state index contributed by atoms with van der Waals surface area (Å²) >= 11 is 0. The van der Waals surface area contributed by atoms with E-state index in [1.54, 1.807) is 13.8 Å². The van der Waals surface area contributed by atoms with Crippen molar-refractivity contribution >= 4 is 11.9 Å². The van der Waals surface area contributed by atoms with Gasteiger partial charge in [-0.1, -0.05) is 19.9 Å². The van der Waals surface area contributed by atoms with Crippen LogP contribution in [0.1, 0.15) is 34.1 Å². The van der Waals surface area contributed by atoms with E-state index in [2.05, 4.69) is 6.58 Å². The van der Waals surface area contributed by atoms with Crippen LogP contribution in [0.15, 0.2) is 12.7 Å². The van der Waals surface area contributed by atoms with Gasteiger partial charge in [0, 0.05) is 0 Å². The minimum atomic E-state index is -1.37. The second-order valence-corrected chi connectivity index (χ2v) is 4.21. The van der Waals surface area contributed by atoms with E-state index >= 15 is 0 Å². The maximum absolute atomic E-state index is 12.0. The van der Waals surface area contributed by atoms with Crippen LogP contribution in [0.2, 0.25) is 0 Å². The fourth-order valence-electron chi connectivity index (χ4n) is 1.66. The first kappa shape index (κ1) is 15.7. The van der Waals surface area contributed by atoms with E-state index in [4.69, 9.17) is 9.47 Å². The van der Waals surface area contributed by atoms with E-state index < -0.39 is 17.4 Å². The number of esters is 2. The van der Waals surface area contributed by atoms with Crippen molar-refractivity contribution in [1.82, 2.24) is 0 Å². The highest BCUT2D eigenvalue weighted by molar-refractivity contribution is 6.02. The molecule has 4 nitrogen and oxygen atoms in total. The first-order valence-electron chi connectivity index (χ1n) is 5.92. The van der Waals surface area contributed by atoms with Crippen LogP contribution in [-0.2, 0) is 19.1 Å². The molecule has 17 heavy (non-hydrogen) atoms. The summed E-state index contributed by atoms with van der Waals surface area (Å²) in [6, 6.07) is 0. The molecule has 0 bridgehead atoms. The Bertz CT molecular complexity index is 263. The van der Waals surface area contributed by atoms with Crippen LogP contribution in [0.4, 0.5) is 0 Å². The molecule has 0 heterocycles. The van der Waals surface area contributed by atoms with Crippen molar-refractivity contribution < 1.29 is 19.1 Å². The van der Waals surface area contributed by atoms with Crippen molar-refractivity contribution in [1.29, 1.82) is 0 Å². The van der Waals surface area contributed by atoms with Gasteiger partial charge in [0.15, 0.2) is 5.41 Å². The van der Waals surface area contributed by atoms with Crippen molar-refractivity contribution in [3.8, 4) is 0 Å². The van der Waals surface area contributed by atoms with Crippen molar-refractivity contribution in [2.75, 3.05) is 13.2 Å². The van der Waals surface area contributed by atoms with Crippen LogP contribution in [0.25, 0.3) is 0 Å². The molecule has 0 saturated carbocycles. The summed E-state index contributed by atoms with van der Waals surface area (Å²) < 4.78 is 9.91. The molecule has 0 spiro atoms. The average molecular weight is 242 g/mol. The Morgan fingerprint density at radius 3 is 1.82 bits per heavy atom. The van der Waals surface area contributed by atoms with Gasteiger partial charge in [-0.05, 0) is 26.2 Å². The first-order chi connectivity index (χ1) is 7.94. The lowest BCUT2D eigenvalue weighted by Gasteiger charge is -2.27. The van der Waals surface area contributed by atoms with Gasteiger partial charge in [-0.3, -0.25) is 9.59 Å².